The number of rotatable bonds is 7. The maximum Gasteiger partial charge on any atom is 0.243 e. The third-order valence-electron chi connectivity index (χ3n) is 1.99. The van der Waals surface area contributed by atoms with E-state index in [9.17, 15) is 8.42 Å². The molecular formula is C10H14Cl2N2O2S2. The molecule has 0 heterocycles. The van der Waals surface area contributed by atoms with Crippen molar-refractivity contribution in [2.75, 3.05) is 24.6 Å². The van der Waals surface area contributed by atoms with Crippen LogP contribution in [0.4, 0.5) is 0 Å². The van der Waals surface area contributed by atoms with Gasteiger partial charge in [-0.25, -0.2) is 13.1 Å². The summed E-state index contributed by atoms with van der Waals surface area (Å²) in [5.74, 6) is 1.45. The van der Waals surface area contributed by atoms with Crippen LogP contribution >= 0.6 is 35.0 Å². The molecule has 0 aliphatic heterocycles. The first-order valence-electron chi connectivity index (χ1n) is 5.20. The van der Waals surface area contributed by atoms with Crippen molar-refractivity contribution in [1.82, 2.24) is 4.72 Å². The van der Waals surface area contributed by atoms with Gasteiger partial charge in [-0.15, -0.1) is 0 Å². The van der Waals surface area contributed by atoms with Crippen LogP contribution in [0.25, 0.3) is 0 Å². The van der Waals surface area contributed by atoms with Gasteiger partial charge in [-0.3, -0.25) is 0 Å². The summed E-state index contributed by atoms with van der Waals surface area (Å²) in [5.41, 5.74) is 5.33. The molecule has 0 radical (unpaired) electrons. The Bertz CT molecular complexity index is 474. The smallest absolute Gasteiger partial charge is 0.243 e. The number of nitrogens with one attached hydrogen (secondary N) is 1. The van der Waals surface area contributed by atoms with Gasteiger partial charge in [0.25, 0.3) is 0 Å². The Hall–Kier alpha value is 0.0200. The second-order valence-corrected chi connectivity index (χ2v) is 7.09. The summed E-state index contributed by atoms with van der Waals surface area (Å²) in [7, 11) is -3.67. The summed E-state index contributed by atoms with van der Waals surface area (Å²) in [6.07, 6.45) is 0. The molecule has 102 valence electrons. The molecule has 18 heavy (non-hydrogen) atoms. The molecular weight excluding hydrogens is 315 g/mol. The Kier molecular flexibility index (Phi) is 6.76. The first-order valence-corrected chi connectivity index (χ1v) is 8.60. The molecule has 4 nitrogen and oxygen atoms in total. The number of thioether (sulfide) groups is 1. The van der Waals surface area contributed by atoms with Crippen LogP contribution in [0.2, 0.25) is 10.0 Å². The van der Waals surface area contributed by atoms with Crippen LogP contribution in [-0.2, 0) is 10.0 Å². The predicted octanol–water partition coefficient (Wildman–Crippen LogP) is 1.96. The van der Waals surface area contributed by atoms with Crippen LogP contribution in [0.1, 0.15) is 0 Å². The predicted molar refractivity (Wildman–Crippen MR) is 78.0 cm³/mol. The quantitative estimate of drug-likeness (QED) is 0.750. The standard InChI is InChI=1S/C10H14Cl2N2O2S2/c11-8-2-1-3-9(12)10(8)18(15,16)14-5-7-17-6-4-13/h1-3,14H,4-7,13H2. The molecule has 8 heteroatoms. The largest absolute Gasteiger partial charge is 0.330 e. The zero-order chi connectivity index (χ0) is 13.6. The molecule has 1 rings (SSSR count). The average Bonchev–Trinajstić information content (AvgIpc) is 2.28. The topological polar surface area (TPSA) is 72.2 Å². The zero-order valence-corrected chi connectivity index (χ0v) is 12.7. The second kappa shape index (κ2) is 7.57. The number of nitrogens with two attached hydrogens (primary N) is 1. The Labute approximate surface area is 121 Å². The number of sulfonamides is 1. The Morgan fingerprint density at radius 2 is 1.83 bits per heavy atom. The minimum absolute atomic E-state index is 0.0721. The van der Waals surface area contributed by atoms with E-state index in [-0.39, 0.29) is 14.9 Å². The van der Waals surface area contributed by atoms with Gasteiger partial charge in [0, 0.05) is 24.6 Å². The van der Waals surface area contributed by atoms with Crippen molar-refractivity contribution in [3.05, 3.63) is 28.2 Å². The van der Waals surface area contributed by atoms with Gasteiger partial charge in [-0.05, 0) is 12.1 Å². The molecule has 1 aromatic rings. The summed E-state index contributed by atoms with van der Waals surface area (Å²) >= 11 is 13.3. The molecule has 0 unspecified atom stereocenters. The Morgan fingerprint density at radius 3 is 2.39 bits per heavy atom. The van der Waals surface area contributed by atoms with Crippen LogP contribution in [0, 0.1) is 0 Å². The van der Waals surface area contributed by atoms with Crippen molar-refractivity contribution < 1.29 is 8.42 Å². The lowest BCUT2D eigenvalue weighted by Gasteiger charge is -2.09. The number of benzene rings is 1. The van der Waals surface area contributed by atoms with Crippen molar-refractivity contribution in [3.63, 3.8) is 0 Å². The van der Waals surface area contributed by atoms with Crippen LogP contribution in [-0.4, -0.2) is 33.0 Å². The van der Waals surface area contributed by atoms with Gasteiger partial charge < -0.3 is 5.73 Å². The summed E-state index contributed by atoms with van der Waals surface area (Å²) in [6.45, 7) is 0.891. The summed E-state index contributed by atoms with van der Waals surface area (Å²) in [5, 5.41) is 0.231. The first-order chi connectivity index (χ1) is 8.49. The molecule has 0 atom stereocenters. The maximum atomic E-state index is 12.0. The van der Waals surface area contributed by atoms with E-state index in [0.29, 0.717) is 18.8 Å². The maximum absolute atomic E-state index is 12.0. The molecule has 0 aliphatic carbocycles. The van der Waals surface area contributed by atoms with E-state index in [1.54, 1.807) is 17.8 Å². The lowest BCUT2D eigenvalue weighted by atomic mass is 10.4. The Balaban J connectivity index is 2.69. The van der Waals surface area contributed by atoms with Crippen LogP contribution in [0.15, 0.2) is 23.1 Å². The molecule has 1 aromatic carbocycles. The zero-order valence-electron chi connectivity index (χ0n) is 9.53. The van der Waals surface area contributed by atoms with E-state index in [1.165, 1.54) is 12.1 Å². The molecule has 0 fully saturated rings. The van der Waals surface area contributed by atoms with E-state index in [2.05, 4.69) is 4.72 Å². The molecule has 0 aliphatic rings. The molecule has 0 bridgehead atoms. The monoisotopic (exact) mass is 328 g/mol. The van der Waals surface area contributed by atoms with Crippen molar-refractivity contribution >= 4 is 45.0 Å². The van der Waals surface area contributed by atoms with Crippen molar-refractivity contribution in [3.8, 4) is 0 Å². The fourth-order valence-corrected chi connectivity index (χ4v) is 4.16. The summed E-state index contributed by atoms with van der Waals surface area (Å²) < 4.78 is 26.4. The second-order valence-electron chi connectivity index (χ2n) is 3.35. The number of hydrogen-bond donors (Lipinski definition) is 2. The lowest BCUT2D eigenvalue weighted by Crippen LogP contribution is -2.26. The highest BCUT2D eigenvalue weighted by Gasteiger charge is 2.20. The van der Waals surface area contributed by atoms with E-state index in [0.717, 1.165) is 5.75 Å². The highest BCUT2D eigenvalue weighted by molar-refractivity contribution is 7.99. The third kappa shape index (κ3) is 4.60. The summed E-state index contributed by atoms with van der Waals surface area (Å²) in [6, 6.07) is 4.58. The van der Waals surface area contributed by atoms with Crippen molar-refractivity contribution in [2.45, 2.75) is 4.90 Å². The highest BCUT2D eigenvalue weighted by atomic mass is 35.5. The van der Waals surface area contributed by atoms with E-state index in [1.807, 2.05) is 0 Å². The average molecular weight is 329 g/mol. The van der Waals surface area contributed by atoms with Gasteiger partial charge in [0.05, 0.1) is 10.0 Å². The van der Waals surface area contributed by atoms with Gasteiger partial charge in [-0.2, -0.15) is 11.8 Å². The van der Waals surface area contributed by atoms with Crippen LogP contribution in [0.3, 0.4) is 0 Å². The molecule has 0 spiro atoms. The minimum atomic E-state index is -3.67. The van der Waals surface area contributed by atoms with Gasteiger partial charge >= 0.3 is 0 Å². The van der Waals surface area contributed by atoms with Gasteiger partial charge in [0.15, 0.2) is 0 Å². The molecule has 0 saturated carbocycles. The van der Waals surface area contributed by atoms with Crippen molar-refractivity contribution in [2.24, 2.45) is 5.73 Å². The molecule has 0 amide bonds. The number of halogens is 2. The van der Waals surface area contributed by atoms with Crippen LogP contribution in [0.5, 0.6) is 0 Å². The normalized spacial score (nSPS) is 11.7. The fourth-order valence-electron chi connectivity index (χ4n) is 1.25. The van der Waals surface area contributed by atoms with E-state index >= 15 is 0 Å². The van der Waals surface area contributed by atoms with Gasteiger partial charge in [0.2, 0.25) is 10.0 Å². The van der Waals surface area contributed by atoms with Gasteiger partial charge in [-0.1, -0.05) is 29.3 Å². The molecule has 3 N–H and O–H groups in total. The van der Waals surface area contributed by atoms with Crippen LogP contribution < -0.4 is 10.5 Å². The first kappa shape index (κ1) is 16.1. The molecule has 0 saturated heterocycles. The number of hydrogen-bond acceptors (Lipinski definition) is 4. The van der Waals surface area contributed by atoms with E-state index < -0.39 is 10.0 Å². The fraction of sp³-hybridized carbons (Fsp3) is 0.400. The van der Waals surface area contributed by atoms with E-state index in [4.69, 9.17) is 28.9 Å². The summed E-state index contributed by atoms with van der Waals surface area (Å²) in [4.78, 5) is -0.0721. The lowest BCUT2D eigenvalue weighted by molar-refractivity contribution is 0.584. The Morgan fingerprint density at radius 1 is 1.22 bits per heavy atom. The van der Waals surface area contributed by atoms with Gasteiger partial charge in [0.1, 0.15) is 4.90 Å². The minimum Gasteiger partial charge on any atom is -0.330 e. The highest BCUT2D eigenvalue weighted by Crippen LogP contribution is 2.28. The molecule has 0 aromatic heterocycles. The third-order valence-corrected chi connectivity index (χ3v) is 5.42. The van der Waals surface area contributed by atoms with Crippen molar-refractivity contribution in [1.29, 1.82) is 0 Å². The SMILES string of the molecule is NCCSCCNS(=O)(=O)c1c(Cl)cccc1Cl.